The fourth-order valence-electron chi connectivity index (χ4n) is 1.95. The maximum absolute atomic E-state index is 11.9. The summed E-state index contributed by atoms with van der Waals surface area (Å²) in [6, 6.07) is 11.0. The zero-order valence-corrected chi connectivity index (χ0v) is 13.7. The summed E-state index contributed by atoms with van der Waals surface area (Å²) >= 11 is 3.35. The number of nitrogens with one attached hydrogen (secondary N) is 1. The summed E-state index contributed by atoms with van der Waals surface area (Å²) in [4.78, 5) is 20.1. The molecule has 3 rings (SSSR count). The van der Waals surface area contributed by atoms with E-state index in [1.807, 2.05) is 24.3 Å². The highest BCUT2D eigenvalue weighted by atomic mass is 79.9. The van der Waals surface area contributed by atoms with Gasteiger partial charge >= 0.3 is 0 Å². The summed E-state index contributed by atoms with van der Waals surface area (Å²) < 4.78 is 6.13. The second-order valence-corrected chi connectivity index (χ2v) is 5.72. The standard InChI is InChI=1S/C16H13BrN4O2/c17-12-1-3-13(4-2-12)19-14(22)5-6-15-20-16(21-23-15)11-7-9-18-10-8-11/h1-4,7-10H,5-6H2,(H,19,22). The van der Waals surface area contributed by atoms with Crippen molar-refractivity contribution >= 4 is 27.5 Å². The molecule has 0 radical (unpaired) electrons. The lowest BCUT2D eigenvalue weighted by Crippen LogP contribution is -2.12. The molecule has 0 saturated heterocycles. The third kappa shape index (κ3) is 4.23. The molecule has 7 heteroatoms. The van der Waals surface area contributed by atoms with Gasteiger partial charge in [0.25, 0.3) is 0 Å². The van der Waals surface area contributed by atoms with E-state index in [9.17, 15) is 4.79 Å². The van der Waals surface area contributed by atoms with Gasteiger partial charge in [-0.15, -0.1) is 0 Å². The number of benzene rings is 1. The quantitative estimate of drug-likeness (QED) is 0.741. The van der Waals surface area contributed by atoms with Crippen LogP contribution in [0.25, 0.3) is 11.4 Å². The fraction of sp³-hybridized carbons (Fsp3) is 0.125. The molecule has 0 aliphatic heterocycles. The molecule has 3 aromatic rings. The highest BCUT2D eigenvalue weighted by molar-refractivity contribution is 9.10. The normalized spacial score (nSPS) is 10.5. The van der Waals surface area contributed by atoms with Crippen molar-refractivity contribution in [3.8, 4) is 11.4 Å². The zero-order valence-electron chi connectivity index (χ0n) is 12.1. The molecule has 0 unspecified atom stereocenters. The van der Waals surface area contributed by atoms with Crippen LogP contribution in [0.3, 0.4) is 0 Å². The third-order valence-electron chi connectivity index (χ3n) is 3.10. The van der Waals surface area contributed by atoms with Gasteiger partial charge in [0.15, 0.2) is 0 Å². The number of hydrogen-bond donors (Lipinski definition) is 1. The zero-order chi connectivity index (χ0) is 16.1. The Morgan fingerprint density at radius 3 is 2.61 bits per heavy atom. The third-order valence-corrected chi connectivity index (χ3v) is 3.63. The molecule has 23 heavy (non-hydrogen) atoms. The molecule has 0 aliphatic carbocycles. The molecular weight excluding hydrogens is 360 g/mol. The SMILES string of the molecule is O=C(CCc1nc(-c2ccncc2)no1)Nc1ccc(Br)cc1. The van der Waals surface area contributed by atoms with Crippen LogP contribution >= 0.6 is 15.9 Å². The molecule has 0 fully saturated rings. The van der Waals surface area contributed by atoms with Gasteiger partial charge in [0, 0.05) is 41.0 Å². The molecule has 6 nitrogen and oxygen atoms in total. The van der Waals surface area contributed by atoms with E-state index in [2.05, 4.69) is 36.4 Å². The number of aryl methyl sites for hydroxylation is 1. The summed E-state index contributed by atoms with van der Waals surface area (Å²) in [5.41, 5.74) is 1.58. The van der Waals surface area contributed by atoms with E-state index in [1.54, 1.807) is 24.5 Å². The number of amides is 1. The summed E-state index contributed by atoms with van der Waals surface area (Å²) in [5, 5.41) is 6.73. The number of anilines is 1. The van der Waals surface area contributed by atoms with Gasteiger partial charge in [-0.25, -0.2) is 0 Å². The summed E-state index contributed by atoms with van der Waals surface area (Å²) in [5.74, 6) is 0.828. The Balaban J connectivity index is 1.55. The molecule has 1 N–H and O–H groups in total. The number of aromatic nitrogens is 3. The van der Waals surface area contributed by atoms with Gasteiger partial charge < -0.3 is 9.84 Å². The van der Waals surface area contributed by atoms with Crippen molar-refractivity contribution in [2.24, 2.45) is 0 Å². The average Bonchev–Trinajstić information content (AvgIpc) is 3.05. The van der Waals surface area contributed by atoms with Crippen molar-refractivity contribution in [3.05, 3.63) is 59.2 Å². The van der Waals surface area contributed by atoms with Crippen LogP contribution in [0, 0.1) is 0 Å². The van der Waals surface area contributed by atoms with Gasteiger partial charge in [0.2, 0.25) is 17.6 Å². The van der Waals surface area contributed by atoms with Crippen molar-refractivity contribution in [2.45, 2.75) is 12.8 Å². The van der Waals surface area contributed by atoms with Crippen molar-refractivity contribution in [3.63, 3.8) is 0 Å². The van der Waals surface area contributed by atoms with Gasteiger partial charge in [0.1, 0.15) is 0 Å². The summed E-state index contributed by atoms with van der Waals surface area (Å²) in [6.45, 7) is 0. The van der Waals surface area contributed by atoms with Crippen LogP contribution in [0.15, 0.2) is 57.8 Å². The molecule has 0 bridgehead atoms. The first kappa shape index (κ1) is 15.4. The van der Waals surface area contributed by atoms with Crippen LogP contribution in [0.1, 0.15) is 12.3 Å². The molecule has 0 aliphatic rings. The number of hydrogen-bond acceptors (Lipinski definition) is 5. The molecule has 0 spiro atoms. The van der Waals surface area contributed by atoms with Crippen molar-refractivity contribution in [2.75, 3.05) is 5.32 Å². The minimum absolute atomic E-state index is 0.101. The predicted octanol–water partition coefficient (Wildman–Crippen LogP) is 3.47. The average molecular weight is 373 g/mol. The van der Waals surface area contributed by atoms with Crippen molar-refractivity contribution < 1.29 is 9.32 Å². The van der Waals surface area contributed by atoms with Crippen LogP contribution in [-0.2, 0) is 11.2 Å². The monoisotopic (exact) mass is 372 g/mol. The smallest absolute Gasteiger partial charge is 0.227 e. The highest BCUT2D eigenvalue weighted by Gasteiger charge is 2.10. The first-order valence-corrected chi connectivity index (χ1v) is 7.78. The summed E-state index contributed by atoms with van der Waals surface area (Å²) in [7, 11) is 0. The van der Waals surface area contributed by atoms with Gasteiger partial charge in [-0.05, 0) is 36.4 Å². The molecule has 0 atom stereocenters. The fourth-order valence-corrected chi connectivity index (χ4v) is 2.22. The number of halogens is 1. The van der Waals surface area contributed by atoms with E-state index in [-0.39, 0.29) is 12.3 Å². The predicted molar refractivity (Wildman–Crippen MR) is 88.6 cm³/mol. The lowest BCUT2D eigenvalue weighted by Gasteiger charge is -2.03. The molecule has 116 valence electrons. The lowest BCUT2D eigenvalue weighted by molar-refractivity contribution is -0.116. The maximum Gasteiger partial charge on any atom is 0.227 e. The second kappa shape index (κ2) is 7.15. The Labute approximate surface area is 141 Å². The largest absolute Gasteiger partial charge is 0.339 e. The van der Waals surface area contributed by atoms with Gasteiger partial charge in [-0.1, -0.05) is 21.1 Å². The second-order valence-electron chi connectivity index (χ2n) is 4.80. The van der Waals surface area contributed by atoms with Crippen LogP contribution in [0.2, 0.25) is 0 Å². The molecule has 2 aromatic heterocycles. The van der Waals surface area contributed by atoms with E-state index in [0.29, 0.717) is 18.1 Å². The van der Waals surface area contributed by atoms with Crippen LogP contribution in [0.5, 0.6) is 0 Å². The molecular formula is C16H13BrN4O2. The van der Waals surface area contributed by atoms with Gasteiger partial charge in [-0.2, -0.15) is 4.98 Å². The highest BCUT2D eigenvalue weighted by Crippen LogP contribution is 2.16. The topological polar surface area (TPSA) is 80.9 Å². The number of rotatable bonds is 5. The van der Waals surface area contributed by atoms with Crippen molar-refractivity contribution in [1.82, 2.24) is 15.1 Å². The first-order chi connectivity index (χ1) is 11.2. The first-order valence-electron chi connectivity index (χ1n) is 6.99. The Morgan fingerprint density at radius 1 is 1.13 bits per heavy atom. The van der Waals surface area contributed by atoms with Crippen LogP contribution < -0.4 is 5.32 Å². The number of pyridine rings is 1. The Bertz CT molecular complexity index is 787. The van der Waals surface area contributed by atoms with E-state index in [1.165, 1.54) is 0 Å². The lowest BCUT2D eigenvalue weighted by atomic mass is 10.2. The van der Waals surface area contributed by atoms with E-state index in [0.717, 1.165) is 15.7 Å². The maximum atomic E-state index is 11.9. The van der Waals surface area contributed by atoms with E-state index in [4.69, 9.17) is 4.52 Å². The summed E-state index contributed by atoms with van der Waals surface area (Å²) in [6.07, 6.45) is 3.99. The molecule has 1 aromatic carbocycles. The van der Waals surface area contributed by atoms with Crippen LogP contribution in [-0.4, -0.2) is 21.0 Å². The van der Waals surface area contributed by atoms with E-state index < -0.39 is 0 Å². The Hall–Kier alpha value is -2.54. The minimum Gasteiger partial charge on any atom is -0.339 e. The minimum atomic E-state index is -0.101. The van der Waals surface area contributed by atoms with E-state index >= 15 is 0 Å². The van der Waals surface area contributed by atoms with Crippen LogP contribution in [0.4, 0.5) is 5.69 Å². The van der Waals surface area contributed by atoms with Crippen molar-refractivity contribution in [1.29, 1.82) is 0 Å². The number of nitrogens with zero attached hydrogens (tertiary/aromatic N) is 3. The number of carbonyl (C=O) groups is 1. The Kier molecular flexibility index (Phi) is 4.77. The molecule has 0 saturated carbocycles. The van der Waals surface area contributed by atoms with Gasteiger partial charge in [0.05, 0.1) is 0 Å². The molecule has 2 heterocycles. The Morgan fingerprint density at radius 2 is 1.87 bits per heavy atom. The molecule has 1 amide bonds. The number of carbonyl (C=O) groups excluding carboxylic acids is 1. The van der Waals surface area contributed by atoms with Gasteiger partial charge in [-0.3, -0.25) is 9.78 Å².